The van der Waals surface area contributed by atoms with Crippen LogP contribution in [0.2, 0.25) is 5.02 Å². The number of hydrogen-bond donors (Lipinski definition) is 0. The van der Waals surface area contributed by atoms with Gasteiger partial charge < -0.3 is 4.74 Å². The van der Waals surface area contributed by atoms with E-state index in [0.717, 1.165) is 5.56 Å². The number of ether oxygens (including phenoxy) is 1. The van der Waals surface area contributed by atoms with Gasteiger partial charge in [-0.05, 0) is 13.0 Å². The van der Waals surface area contributed by atoms with Gasteiger partial charge in [-0.3, -0.25) is 0 Å². The molecule has 1 aromatic rings. The first-order valence-corrected chi connectivity index (χ1v) is 4.37. The Morgan fingerprint density at radius 2 is 2.31 bits per heavy atom. The van der Waals surface area contributed by atoms with Crippen molar-refractivity contribution in [1.82, 2.24) is 0 Å². The average molecular weight is 198 g/mol. The molecule has 0 radical (unpaired) electrons. The first-order valence-electron chi connectivity index (χ1n) is 3.99. The van der Waals surface area contributed by atoms with Crippen molar-refractivity contribution in [3.63, 3.8) is 0 Å². The summed E-state index contributed by atoms with van der Waals surface area (Å²) in [5.74, 6) is 0. The van der Waals surface area contributed by atoms with Crippen LogP contribution in [-0.2, 0) is 11.3 Å². The highest BCUT2D eigenvalue weighted by Gasteiger charge is 2.08. The smallest absolute Gasteiger partial charge is 0.377 e. The fourth-order valence-electron chi connectivity index (χ4n) is 0.946. The first kappa shape index (κ1) is 9.97. The van der Waals surface area contributed by atoms with Crippen molar-refractivity contribution in [2.45, 2.75) is 13.5 Å². The van der Waals surface area contributed by atoms with E-state index in [1.165, 1.54) is 0 Å². The van der Waals surface area contributed by atoms with Crippen LogP contribution in [0.3, 0.4) is 0 Å². The molecule has 0 amide bonds. The van der Waals surface area contributed by atoms with Crippen LogP contribution in [0.1, 0.15) is 12.5 Å². The number of nitrogens with zero attached hydrogens (tertiary/aromatic N) is 2. The molecule has 4 heteroatoms. The highest BCUT2D eigenvalue weighted by Crippen LogP contribution is 2.22. The van der Waals surface area contributed by atoms with Crippen LogP contribution in [0.4, 0.5) is 5.69 Å². The third-order valence-electron chi connectivity index (χ3n) is 1.61. The quantitative estimate of drug-likeness (QED) is 0.697. The van der Waals surface area contributed by atoms with Crippen LogP contribution in [-0.4, -0.2) is 6.61 Å². The number of benzene rings is 1. The van der Waals surface area contributed by atoms with Crippen molar-refractivity contribution in [2.24, 2.45) is 0 Å². The maximum atomic E-state index is 8.52. The molecule has 0 aliphatic rings. The normalized spacial score (nSPS) is 9.62. The molecular formula is C9H10ClN2O+. The number of hydrogen-bond acceptors (Lipinski definition) is 2. The zero-order valence-electron chi connectivity index (χ0n) is 7.33. The van der Waals surface area contributed by atoms with E-state index in [9.17, 15) is 0 Å². The minimum Gasteiger partial charge on any atom is -0.377 e. The van der Waals surface area contributed by atoms with Gasteiger partial charge in [-0.2, -0.15) is 0 Å². The molecule has 1 rings (SSSR count). The van der Waals surface area contributed by atoms with Gasteiger partial charge in [0, 0.05) is 29.3 Å². The average Bonchev–Trinajstić information content (AvgIpc) is 2.17. The summed E-state index contributed by atoms with van der Waals surface area (Å²) in [4.78, 5) is 3.07. The van der Waals surface area contributed by atoms with Crippen molar-refractivity contribution in [3.8, 4) is 0 Å². The summed E-state index contributed by atoms with van der Waals surface area (Å²) in [5.41, 5.74) is 1.32. The van der Waals surface area contributed by atoms with E-state index in [0.29, 0.717) is 23.9 Å². The molecule has 0 atom stereocenters. The molecule has 1 aromatic carbocycles. The van der Waals surface area contributed by atoms with E-state index >= 15 is 0 Å². The van der Waals surface area contributed by atoms with Gasteiger partial charge in [0.05, 0.1) is 6.61 Å². The first-order chi connectivity index (χ1) is 6.27. The van der Waals surface area contributed by atoms with Crippen molar-refractivity contribution in [3.05, 3.63) is 33.8 Å². The van der Waals surface area contributed by atoms with Crippen LogP contribution < -0.4 is 0 Å². The third kappa shape index (κ3) is 2.69. The summed E-state index contributed by atoms with van der Waals surface area (Å²) < 4.78 is 5.19. The van der Waals surface area contributed by atoms with E-state index in [2.05, 4.69) is 4.98 Å². The fourth-order valence-corrected chi connectivity index (χ4v) is 1.12. The summed E-state index contributed by atoms with van der Waals surface area (Å²) in [6, 6.07) is 5.01. The molecule has 0 bridgehead atoms. The van der Waals surface area contributed by atoms with Gasteiger partial charge in [0.15, 0.2) is 4.98 Å². The van der Waals surface area contributed by atoms with Crippen molar-refractivity contribution >= 4 is 17.3 Å². The Hall–Kier alpha value is -1.11. The Balaban J connectivity index is 2.85. The second-order valence-electron chi connectivity index (χ2n) is 2.51. The van der Waals surface area contributed by atoms with E-state index < -0.39 is 0 Å². The predicted molar refractivity (Wildman–Crippen MR) is 51.5 cm³/mol. The summed E-state index contributed by atoms with van der Waals surface area (Å²) >= 11 is 5.89. The Labute approximate surface area is 81.9 Å². The Morgan fingerprint density at radius 1 is 1.54 bits per heavy atom. The van der Waals surface area contributed by atoms with E-state index in [1.807, 2.05) is 6.92 Å². The van der Waals surface area contributed by atoms with Gasteiger partial charge in [-0.1, -0.05) is 11.6 Å². The molecular weight excluding hydrogens is 188 g/mol. The molecule has 0 saturated carbocycles. The fraction of sp³-hybridized carbons (Fsp3) is 0.333. The van der Waals surface area contributed by atoms with Crippen LogP contribution in [0.5, 0.6) is 0 Å². The lowest BCUT2D eigenvalue weighted by atomic mass is 10.2. The number of diazo groups is 1. The molecule has 0 saturated heterocycles. The Kier molecular flexibility index (Phi) is 3.69. The van der Waals surface area contributed by atoms with Gasteiger partial charge in [0.25, 0.3) is 0 Å². The summed E-state index contributed by atoms with van der Waals surface area (Å²) in [6.45, 7) is 2.99. The Morgan fingerprint density at radius 3 is 2.92 bits per heavy atom. The summed E-state index contributed by atoms with van der Waals surface area (Å²) in [5, 5.41) is 9.15. The monoisotopic (exact) mass is 197 g/mol. The standard InChI is InChI=1S/C9H10ClN2O/c1-2-13-6-7-5-8(12-11)3-4-9(7)10/h3-5H,2,6H2,1H3/q+1. The van der Waals surface area contributed by atoms with Gasteiger partial charge >= 0.3 is 5.69 Å². The van der Waals surface area contributed by atoms with Crippen LogP contribution in [0.15, 0.2) is 18.2 Å². The molecule has 13 heavy (non-hydrogen) atoms. The van der Waals surface area contributed by atoms with Crippen molar-refractivity contribution < 1.29 is 4.74 Å². The lowest BCUT2D eigenvalue weighted by Crippen LogP contribution is -1.92. The lowest BCUT2D eigenvalue weighted by molar-refractivity contribution is 0.134. The lowest BCUT2D eigenvalue weighted by Gasteiger charge is -2.01. The topological polar surface area (TPSA) is 37.4 Å². The molecule has 0 heterocycles. The largest absolute Gasteiger partial charge is 0.385 e. The van der Waals surface area contributed by atoms with Gasteiger partial charge in [0.2, 0.25) is 5.39 Å². The second kappa shape index (κ2) is 4.80. The van der Waals surface area contributed by atoms with Gasteiger partial charge in [-0.15, -0.1) is 0 Å². The van der Waals surface area contributed by atoms with E-state index in [1.54, 1.807) is 18.2 Å². The summed E-state index contributed by atoms with van der Waals surface area (Å²) in [7, 11) is 0. The SMILES string of the molecule is CCOCc1cc([N+]#N)ccc1Cl. The molecule has 68 valence electrons. The van der Waals surface area contributed by atoms with Crippen LogP contribution in [0.25, 0.3) is 4.98 Å². The number of rotatable bonds is 3. The molecule has 0 aliphatic carbocycles. The Bertz CT molecular complexity index is 333. The molecule has 0 N–H and O–H groups in total. The minimum absolute atomic E-state index is 0.443. The highest BCUT2D eigenvalue weighted by molar-refractivity contribution is 6.31. The molecule has 0 unspecified atom stereocenters. The van der Waals surface area contributed by atoms with E-state index in [-0.39, 0.29) is 0 Å². The second-order valence-corrected chi connectivity index (χ2v) is 2.92. The highest BCUT2D eigenvalue weighted by atomic mass is 35.5. The molecule has 0 aromatic heterocycles. The number of halogens is 1. The summed E-state index contributed by atoms with van der Waals surface area (Å²) in [6.07, 6.45) is 0. The van der Waals surface area contributed by atoms with E-state index in [4.69, 9.17) is 21.7 Å². The molecule has 0 aliphatic heterocycles. The van der Waals surface area contributed by atoms with Gasteiger partial charge in [-0.25, -0.2) is 0 Å². The molecule has 0 fully saturated rings. The van der Waals surface area contributed by atoms with Crippen LogP contribution >= 0.6 is 11.6 Å². The van der Waals surface area contributed by atoms with Crippen LogP contribution in [0, 0.1) is 5.39 Å². The molecule has 3 nitrogen and oxygen atoms in total. The maximum Gasteiger partial charge on any atom is 0.385 e. The maximum absolute atomic E-state index is 8.52. The zero-order valence-corrected chi connectivity index (χ0v) is 8.08. The zero-order chi connectivity index (χ0) is 9.68. The third-order valence-corrected chi connectivity index (χ3v) is 1.98. The van der Waals surface area contributed by atoms with Gasteiger partial charge in [0.1, 0.15) is 0 Å². The van der Waals surface area contributed by atoms with Crippen molar-refractivity contribution in [1.29, 1.82) is 5.39 Å². The minimum atomic E-state index is 0.443. The van der Waals surface area contributed by atoms with Crippen molar-refractivity contribution in [2.75, 3.05) is 6.61 Å². The molecule has 0 spiro atoms. The predicted octanol–water partition coefficient (Wildman–Crippen LogP) is 3.36.